The molecular formula is C19H10F12O3. The molecule has 0 unspecified atom stereocenters. The summed E-state index contributed by atoms with van der Waals surface area (Å²) in [6.45, 7) is 0. The smallest absolute Gasteiger partial charge is 0.369 e. The molecule has 1 atom stereocenters. The van der Waals surface area contributed by atoms with E-state index in [4.69, 9.17) is 0 Å². The normalized spacial score (nSPS) is 21.5. The Morgan fingerprint density at radius 3 is 1.38 bits per heavy atom. The number of ether oxygens (including phenoxy) is 1. The van der Waals surface area contributed by atoms with E-state index in [0.717, 1.165) is 6.07 Å². The Labute approximate surface area is 181 Å². The Morgan fingerprint density at radius 1 is 0.588 bits per heavy atom. The van der Waals surface area contributed by atoms with Gasteiger partial charge in [-0.15, -0.1) is 0 Å². The van der Waals surface area contributed by atoms with Crippen LogP contribution in [0.5, 0.6) is 0 Å². The van der Waals surface area contributed by atoms with Crippen molar-refractivity contribution < 1.29 is 67.6 Å². The third-order valence-electron chi connectivity index (χ3n) is 5.27. The Hall–Kier alpha value is -2.52. The van der Waals surface area contributed by atoms with Gasteiger partial charge in [0.1, 0.15) is 0 Å². The van der Waals surface area contributed by atoms with Crippen molar-refractivity contribution in [3.8, 4) is 0 Å². The molecular weight excluding hydrogens is 504 g/mol. The summed E-state index contributed by atoms with van der Waals surface area (Å²) in [5.74, 6) is -4.15. The summed E-state index contributed by atoms with van der Waals surface area (Å²) in [5, 5.41) is 20.6. The van der Waals surface area contributed by atoms with Crippen LogP contribution in [0.2, 0.25) is 0 Å². The molecule has 0 aliphatic carbocycles. The van der Waals surface area contributed by atoms with Crippen molar-refractivity contribution >= 4 is 0 Å². The molecule has 188 valence electrons. The molecule has 2 N–H and O–H groups in total. The van der Waals surface area contributed by atoms with Crippen molar-refractivity contribution in [3.63, 3.8) is 0 Å². The van der Waals surface area contributed by atoms with E-state index >= 15 is 0 Å². The molecule has 3 nitrogen and oxygen atoms in total. The Bertz CT molecular complexity index is 1060. The van der Waals surface area contributed by atoms with E-state index < -0.39 is 63.9 Å². The summed E-state index contributed by atoms with van der Waals surface area (Å²) in [6.07, 6.45) is -25.9. The topological polar surface area (TPSA) is 49.7 Å². The first-order valence-electron chi connectivity index (χ1n) is 8.78. The van der Waals surface area contributed by atoms with E-state index in [1.807, 2.05) is 0 Å². The molecule has 0 spiro atoms. The van der Waals surface area contributed by atoms with Crippen LogP contribution in [0.25, 0.3) is 0 Å². The fourth-order valence-electron chi connectivity index (χ4n) is 3.76. The maximum Gasteiger partial charge on any atom is 0.431 e. The first-order valence-corrected chi connectivity index (χ1v) is 8.78. The van der Waals surface area contributed by atoms with Gasteiger partial charge in [-0.05, 0) is 0 Å². The van der Waals surface area contributed by atoms with Crippen LogP contribution in [0, 0.1) is 0 Å². The zero-order valence-electron chi connectivity index (χ0n) is 16.0. The molecule has 0 bridgehead atoms. The molecule has 3 rings (SSSR count). The average molecular weight is 514 g/mol. The second-order valence-electron chi connectivity index (χ2n) is 7.22. The van der Waals surface area contributed by atoms with Gasteiger partial charge in [-0.25, -0.2) is 0 Å². The van der Waals surface area contributed by atoms with Crippen molar-refractivity contribution in [1.29, 1.82) is 0 Å². The number of halogens is 12. The van der Waals surface area contributed by atoms with Crippen LogP contribution < -0.4 is 0 Å². The monoisotopic (exact) mass is 514 g/mol. The SMILES string of the molecule is OC(c1ccccc1[C@]1(O)OC(C(F)(F)F)(C(F)(F)F)c2ccccc21)(C(F)(F)F)C(F)(F)F. The van der Waals surface area contributed by atoms with Gasteiger partial charge in [0.2, 0.25) is 5.79 Å². The van der Waals surface area contributed by atoms with Crippen LogP contribution in [-0.4, -0.2) is 34.9 Å². The summed E-state index contributed by atoms with van der Waals surface area (Å²) >= 11 is 0. The van der Waals surface area contributed by atoms with Crippen molar-refractivity contribution in [2.45, 2.75) is 41.7 Å². The molecule has 2 aromatic carbocycles. The molecule has 1 aliphatic heterocycles. The van der Waals surface area contributed by atoms with Crippen molar-refractivity contribution in [2.75, 3.05) is 0 Å². The van der Waals surface area contributed by atoms with Gasteiger partial charge in [0.25, 0.3) is 11.2 Å². The molecule has 0 saturated carbocycles. The summed E-state index contributed by atoms with van der Waals surface area (Å²) in [4.78, 5) is 0. The zero-order chi connectivity index (χ0) is 26.2. The highest BCUT2D eigenvalue weighted by atomic mass is 19.4. The highest BCUT2D eigenvalue weighted by Gasteiger charge is 2.80. The van der Waals surface area contributed by atoms with Gasteiger partial charge in [0.05, 0.1) is 0 Å². The lowest BCUT2D eigenvalue weighted by Gasteiger charge is -2.39. The maximum atomic E-state index is 13.8. The van der Waals surface area contributed by atoms with Gasteiger partial charge in [-0.1, -0.05) is 48.5 Å². The summed E-state index contributed by atoms with van der Waals surface area (Å²) < 4.78 is 168. The molecule has 34 heavy (non-hydrogen) atoms. The van der Waals surface area contributed by atoms with E-state index in [9.17, 15) is 62.9 Å². The fraction of sp³-hybridized carbons (Fsp3) is 0.368. The van der Waals surface area contributed by atoms with Crippen LogP contribution >= 0.6 is 0 Å². The number of fused-ring (bicyclic) bond motifs is 1. The molecule has 0 saturated heterocycles. The van der Waals surface area contributed by atoms with Crippen LogP contribution in [0.1, 0.15) is 22.3 Å². The number of hydrogen-bond acceptors (Lipinski definition) is 3. The van der Waals surface area contributed by atoms with Gasteiger partial charge in [-0.3, -0.25) is 0 Å². The highest BCUT2D eigenvalue weighted by molar-refractivity contribution is 5.51. The van der Waals surface area contributed by atoms with E-state index in [1.165, 1.54) is 0 Å². The quantitative estimate of drug-likeness (QED) is 0.518. The first-order chi connectivity index (χ1) is 15.2. The predicted molar refractivity (Wildman–Crippen MR) is 86.8 cm³/mol. The third-order valence-corrected chi connectivity index (χ3v) is 5.27. The lowest BCUT2D eigenvalue weighted by molar-refractivity contribution is -0.421. The summed E-state index contributed by atoms with van der Waals surface area (Å²) in [7, 11) is 0. The second-order valence-corrected chi connectivity index (χ2v) is 7.22. The van der Waals surface area contributed by atoms with Crippen molar-refractivity contribution in [3.05, 3.63) is 70.8 Å². The molecule has 0 aromatic heterocycles. The average Bonchev–Trinajstić information content (AvgIpc) is 2.97. The van der Waals surface area contributed by atoms with Crippen LogP contribution in [-0.2, 0) is 21.7 Å². The number of rotatable bonds is 2. The highest BCUT2D eigenvalue weighted by Crippen LogP contribution is 2.63. The van der Waals surface area contributed by atoms with Crippen LogP contribution in [0.3, 0.4) is 0 Å². The van der Waals surface area contributed by atoms with Gasteiger partial charge in [-0.2, -0.15) is 52.7 Å². The molecule has 1 aliphatic rings. The number of benzene rings is 2. The number of alkyl halides is 12. The van der Waals surface area contributed by atoms with Gasteiger partial charge in [0.15, 0.2) is 0 Å². The minimum absolute atomic E-state index is 0.0541. The molecule has 0 radical (unpaired) electrons. The lowest BCUT2D eigenvalue weighted by Crippen LogP contribution is -2.57. The van der Waals surface area contributed by atoms with Crippen molar-refractivity contribution in [2.24, 2.45) is 0 Å². The standard InChI is InChI=1S/C19H10F12O3/c20-16(21,22)14(33,17(23,24)25)11-7-3-1-5-9(11)13(32)10-6-2-4-8-12(10)15(34-13,18(26,27)28)19(29,30)31/h1-8,32-33H/t13-/m0/s1. The minimum atomic E-state index is -6.57. The molecule has 0 fully saturated rings. The lowest BCUT2D eigenvalue weighted by atomic mass is 9.82. The van der Waals surface area contributed by atoms with E-state index in [-0.39, 0.29) is 18.2 Å². The van der Waals surface area contributed by atoms with Crippen LogP contribution in [0.15, 0.2) is 48.5 Å². The summed E-state index contributed by atoms with van der Waals surface area (Å²) in [6, 6.07) is 3.29. The van der Waals surface area contributed by atoms with Crippen LogP contribution in [0.4, 0.5) is 52.7 Å². The van der Waals surface area contributed by atoms with Gasteiger partial charge < -0.3 is 14.9 Å². The number of hydrogen-bond donors (Lipinski definition) is 2. The van der Waals surface area contributed by atoms with E-state index in [0.29, 0.717) is 24.3 Å². The van der Waals surface area contributed by atoms with Gasteiger partial charge in [0, 0.05) is 22.3 Å². The second kappa shape index (κ2) is 7.24. The largest absolute Gasteiger partial charge is 0.431 e. The maximum absolute atomic E-state index is 13.8. The Balaban J connectivity index is 2.45. The molecule has 1 heterocycles. The Kier molecular flexibility index (Phi) is 5.56. The fourth-order valence-corrected chi connectivity index (χ4v) is 3.76. The number of aliphatic hydroxyl groups is 2. The molecule has 15 heteroatoms. The van der Waals surface area contributed by atoms with E-state index in [1.54, 1.807) is 0 Å². The van der Waals surface area contributed by atoms with Crippen molar-refractivity contribution in [1.82, 2.24) is 0 Å². The first kappa shape index (κ1) is 26.1. The zero-order valence-corrected chi connectivity index (χ0v) is 16.0. The predicted octanol–water partition coefficient (Wildman–Crippen LogP) is 5.54. The summed E-state index contributed by atoms with van der Waals surface area (Å²) in [5.41, 5.74) is -18.5. The molecule has 0 amide bonds. The van der Waals surface area contributed by atoms with E-state index in [2.05, 4.69) is 4.74 Å². The Morgan fingerprint density at radius 2 is 0.971 bits per heavy atom. The van der Waals surface area contributed by atoms with Gasteiger partial charge >= 0.3 is 24.7 Å². The molecule has 2 aromatic rings. The third kappa shape index (κ3) is 3.27. The minimum Gasteiger partial charge on any atom is -0.369 e.